The van der Waals surface area contributed by atoms with Crippen molar-refractivity contribution in [3.63, 3.8) is 0 Å². The molecule has 0 aliphatic heterocycles. The summed E-state index contributed by atoms with van der Waals surface area (Å²) in [5.74, 6) is -2.56. The molecule has 4 heteroatoms. The Bertz CT molecular complexity index is 76.2. The molecule has 0 bridgehead atoms. The van der Waals surface area contributed by atoms with Crippen molar-refractivity contribution in [2.75, 3.05) is 0 Å². The molecule has 7 heavy (non-hydrogen) atoms. The molecule has 1 N–H and O–H groups in total. The maximum absolute atomic E-state index is 9.43. The van der Waals surface area contributed by atoms with Crippen LogP contribution in [0.15, 0.2) is 0 Å². The van der Waals surface area contributed by atoms with Crippen molar-refractivity contribution >= 4 is 11.8 Å². The Labute approximate surface area is 63.0 Å². The minimum Gasteiger partial charge on any atom is -0.560 e. The third-order valence-corrected chi connectivity index (χ3v) is 0.239. The summed E-state index contributed by atoms with van der Waals surface area (Å²) in [5, 5.41) is 7.58. The first-order valence-electron chi connectivity index (χ1n) is 1.24. The molecule has 34 valence electrons. The molecule has 0 amide bonds. The summed E-state index contributed by atoms with van der Waals surface area (Å²) in [6.07, 6.45) is 0. The van der Waals surface area contributed by atoms with Gasteiger partial charge in [0.2, 0.25) is 5.97 Å². The predicted molar refractivity (Wildman–Crippen MR) is 18.0 cm³/mol. The van der Waals surface area contributed by atoms with E-state index in [9.17, 15) is 9.59 Å². The number of carbonyl (C=O) groups is 2. The van der Waals surface area contributed by atoms with Crippen LogP contribution in [0.1, 0.15) is 0 Å². The third-order valence-electron chi connectivity index (χ3n) is 0.239. The number of hydrogen-bond donors (Lipinski definition) is 1. The number of aliphatic carboxylic acids is 1. The smallest absolute Gasteiger partial charge is 0.560 e. The molecular formula is C3H3NaO3. The van der Waals surface area contributed by atoms with E-state index in [1.165, 1.54) is 0 Å². The van der Waals surface area contributed by atoms with Crippen LogP contribution in [0.2, 0.25) is 0 Å². The zero-order chi connectivity index (χ0) is 5.15. The molecule has 3 nitrogen and oxygen atoms in total. The van der Waals surface area contributed by atoms with E-state index in [1.54, 1.807) is 0 Å². The molecule has 0 saturated carbocycles. The van der Waals surface area contributed by atoms with Gasteiger partial charge in [0.25, 0.3) is 0 Å². The van der Waals surface area contributed by atoms with Crippen LogP contribution in [-0.2, 0) is 9.59 Å². The van der Waals surface area contributed by atoms with Crippen molar-refractivity contribution in [2.45, 2.75) is 0 Å². The quantitative estimate of drug-likeness (QED) is 0.216. The normalized spacial score (nSPS) is 6.29. The molecule has 0 saturated heterocycles. The fourth-order valence-electron chi connectivity index (χ4n) is 0. The molecule has 0 fully saturated rings. The first kappa shape index (κ1) is 10.1. The van der Waals surface area contributed by atoms with Crippen LogP contribution in [0.4, 0.5) is 0 Å². The average Bonchev–Trinajstić information content (AvgIpc) is 1.36. The largest absolute Gasteiger partial charge is 1.00 e. The van der Waals surface area contributed by atoms with Gasteiger partial charge in [-0.2, -0.15) is 6.92 Å². The summed E-state index contributed by atoms with van der Waals surface area (Å²) in [5.41, 5.74) is 0. The van der Waals surface area contributed by atoms with Gasteiger partial charge in [-0.3, -0.25) is 0 Å². The second kappa shape index (κ2) is 4.18. The Morgan fingerprint density at radius 3 is 1.57 bits per heavy atom. The van der Waals surface area contributed by atoms with Crippen LogP contribution in [-0.4, -0.2) is 16.9 Å². The Morgan fingerprint density at radius 1 is 1.43 bits per heavy atom. The summed E-state index contributed by atoms with van der Waals surface area (Å²) < 4.78 is 0. The third kappa shape index (κ3) is 6.01. The van der Waals surface area contributed by atoms with Crippen LogP contribution < -0.4 is 29.6 Å². The van der Waals surface area contributed by atoms with Gasteiger partial charge in [-0.1, -0.05) is 0 Å². The molecule has 0 unspecified atom stereocenters. The molecule has 0 heterocycles. The molecule has 0 aromatic heterocycles. The topological polar surface area (TPSA) is 54.4 Å². The molecule has 0 rings (SSSR count). The Kier molecular flexibility index (Phi) is 6.02. The first-order chi connectivity index (χ1) is 2.64. The monoisotopic (exact) mass is 110 g/mol. The van der Waals surface area contributed by atoms with Crippen LogP contribution in [0, 0.1) is 6.92 Å². The standard InChI is InChI=1S/C3H3O3.Na/c1-2(4)3(5)6;/h1H2,(H,5,6);/q-1;+1. The average molecular weight is 110 g/mol. The van der Waals surface area contributed by atoms with Crippen LogP contribution >= 0.6 is 0 Å². The van der Waals surface area contributed by atoms with Crippen molar-refractivity contribution in [3.05, 3.63) is 6.92 Å². The number of carboxylic acids is 1. The van der Waals surface area contributed by atoms with Crippen LogP contribution in [0.3, 0.4) is 0 Å². The van der Waals surface area contributed by atoms with Gasteiger partial charge in [0.05, 0.1) is 5.78 Å². The molecule has 0 radical (unpaired) electrons. The van der Waals surface area contributed by atoms with Crippen LogP contribution in [0.5, 0.6) is 0 Å². The fourth-order valence-corrected chi connectivity index (χ4v) is 0. The molecule has 0 aliphatic carbocycles. The zero-order valence-electron chi connectivity index (χ0n) is 3.97. The Balaban J connectivity index is 0. The van der Waals surface area contributed by atoms with E-state index in [-0.39, 0.29) is 29.6 Å². The number of rotatable bonds is 1. The minimum absolute atomic E-state index is 0. The summed E-state index contributed by atoms with van der Waals surface area (Å²) in [7, 11) is 0. The summed E-state index contributed by atoms with van der Waals surface area (Å²) in [4.78, 5) is 18.7. The predicted octanol–water partition coefficient (Wildman–Crippen LogP) is -3.52. The van der Waals surface area contributed by atoms with Gasteiger partial charge in [-0.25, -0.2) is 0 Å². The fraction of sp³-hybridized carbons (Fsp3) is 0. The van der Waals surface area contributed by atoms with Gasteiger partial charge >= 0.3 is 29.6 Å². The van der Waals surface area contributed by atoms with Gasteiger partial charge in [0.1, 0.15) is 0 Å². The molecular weight excluding hydrogens is 107 g/mol. The van der Waals surface area contributed by atoms with E-state index in [1.807, 2.05) is 0 Å². The van der Waals surface area contributed by atoms with E-state index in [2.05, 4.69) is 6.92 Å². The van der Waals surface area contributed by atoms with Crippen molar-refractivity contribution in [3.8, 4) is 0 Å². The second-order valence-electron chi connectivity index (χ2n) is 0.728. The van der Waals surface area contributed by atoms with Crippen molar-refractivity contribution in [1.82, 2.24) is 0 Å². The van der Waals surface area contributed by atoms with Crippen molar-refractivity contribution < 1.29 is 44.3 Å². The molecule has 0 spiro atoms. The van der Waals surface area contributed by atoms with Crippen molar-refractivity contribution in [1.29, 1.82) is 0 Å². The summed E-state index contributed by atoms with van der Waals surface area (Å²) in [6.45, 7) is 2.60. The molecule has 0 atom stereocenters. The summed E-state index contributed by atoms with van der Waals surface area (Å²) in [6, 6.07) is 0. The minimum atomic E-state index is -1.49. The van der Waals surface area contributed by atoms with Gasteiger partial charge in [0.15, 0.2) is 0 Å². The van der Waals surface area contributed by atoms with E-state index in [0.717, 1.165) is 0 Å². The number of Topliss-reactive ketones (excluding diaryl/α,β-unsaturated/α-hetero) is 1. The van der Waals surface area contributed by atoms with E-state index >= 15 is 0 Å². The van der Waals surface area contributed by atoms with E-state index in [4.69, 9.17) is 5.11 Å². The van der Waals surface area contributed by atoms with Gasteiger partial charge in [-0.05, 0) is 0 Å². The zero-order valence-corrected chi connectivity index (χ0v) is 5.97. The summed E-state index contributed by atoms with van der Waals surface area (Å²) >= 11 is 0. The molecule has 0 aliphatic rings. The van der Waals surface area contributed by atoms with Gasteiger partial charge in [0, 0.05) is 0 Å². The Hall–Kier alpha value is 0.0100. The molecule has 0 aromatic carbocycles. The first-order valence-corrected chi connectivity index (χ1v) is 1.24. The maximum Gasteiger partial charge on any atom is 1.00 e. The number of carboxylic acid groups (broad SMARTS) is 1. The van der Waals surface area contributed by atoms with E-state index in [0.29, 0.717) is 0 Å². The number of carbonyl (C=O) groups excluding carboxylic acids is 1. The molecule has 0 aromatic rings. The SMILES string of the molecule is [CH2-]C(=O)C(=O)O.[Na+]. The van der Waals surface area contributed by atoms with Gasteiger partial charge in [-0.15, -0.1) is 0 Å². The second-order valence-corrected chi connectivity index (χ2v) is 0.728. The number of hydrogen-bond acceptors (Lipinski definition) is 2. The van der Waals surface area contributed by atoms with E-state index < -0.39 is 11.8 Å². The Morgan fingerprint density at radius 2 is 1.57 bits per heavy atom. The van der Waals surface area contributed by atoms with Crippen LogP contribution in [0.25, 0.3) is 0 Å². The number of ketones is 1. The maximum atomic E-state index is 9.43. The van der Waals surface area contributed by atoms with Crippen molar-refractivity contribution in [2.24, 2.45) is 0 Å². The van der Waals surface area contributed by atoms with Gasteiger partial charge < -0.3 is 14.7 Å².